The molecule has 27 heavy (non-hydrogen) atoms. The van der Waals surface area contributed by atoms with Crippen LogP contribution in [0, 0.1) is 5.92 Å². The number of amides is 1. The number of carbonyl (C=O) groups is 1. The van der Waals surface area contributed by atoms with Gasteiger partial charge in [-0.3, -0.25) is 4.79 Å². The minimum absolute atomic E-state index is 0.00739. The molecule has 1 heterocycles. The first-order valence-corrected chi connectivity index (χ1v) is 9.93. The largest absolute Gasteiger partial charge is 0.493 e. The van der Waals surface area contributed by atoms with E-state index in [1.807, 2.05) is 4.90 Å². The minimum atomic E-state index is -0.977. The molecule has 1 aliphatic carbocycles. The number of rotatable bonds is 7. The maximum Gasteiger partial charge on any atom is 0.228 e. The SMILES string of the molecule is COCOc1c(OC)ccc(C(O)C2CCN(C3CCCCC3)C2=O)c1Cl. The fourth-order valence-corrected chi connectivity index (χ4v) is 4.51. The fraction of sp³-hybridized carbons (Fsp3) is 0.650. The molecule has 3 rings (SSSR count). The summed E-state index contributed by atoms with van der Waals surface area (Å²) < 4.78 is 15.7. The quantitative estimate of drug-likeness (QED) is 0.712. The molecule has 1 N–H and O–H groups in total. The number of nitrogens with zero attached hydrogens (tertiary/aromatic N) is 1. The Labute approximate surface area is 165 Å². The van der Waals surface area contributed by atoms with E-state index in [1.54, 1.807) is 12.1 Å². The second-order valence-corrected chi connectivity index (χ2v) is 7.59. The summed E-state index contributed by atoms with van der Waals surface area (Å²) >= 11 is 6.49. The summed E-state index contributed by atoms with van der Waals surface area (Å²) in [6.07, 6.45) is 5.37. The number of aliphatic hydroxyl groups excluding tert-OH is 1. The topological polar surface area (TPSA) is 68.2 Å². The van der Waals surface area contributed by atoms with E-state index in [-0.39, 0.29) is 17.7 Å². The van der Waals surface area contributed by atoms with E-state index in [9.17, 15) is 9.90 Å². The standard InChI is InChI=1S/C20H28ClNO5/c1-25-12-27-19-16(26-2)9-8-14(17(19)21)18(23)15-10-11-22(20(15)24)13-6-4-3-5-7-13/h8-9,13,15,18,23H,3-7,10-12H2,1-2H3. The van der Waals surface area contributed by atoms with Gasteiger partial charge in [0.1, 0.15) is 0 Å². The molecule has 7 heteroatoms. The van der Waals surface area contributed by atoms with Crippen LogP contribution in [0.15, 0.2) is 12.1 Å². The molecule has 1 saturated heterocycles. The van der Waals surface area contributed by atoms with Crippen LogP contribution in [0.1, 0.15) is 50.2 Å². The lowest BCUT2D eigenvalue weighted by Crippen LogP contribution is -2.39. The van der Waals surface area contributed by atoms with E-state index in [1.165, 1.54) is 33.5 Å². The third kappa shape index (κ3) is 4.18. The van der Waals surface area contributed by atoms with Crippen molar-refractivity contribution in [3.05, 3.63) is 22.7 Å². The highest BCUT2D eigenvalue weighted by Crippen LogP contribution is 2.43. The molecular formula is C20H28ClNO5. The molecule has 0 aromatic heterocycles. The highest BCUT2D eigenvalue weighted by atomic mass is 35.5. The molecule has 1 aromatic rings. The normalized spacial score (nSPS) is 22.1. The Hall–Kier alpha value is -1.50. The Morgan fingerprint density at radius 2 is 1.96 bits per heavy atom. The average molecular weight is 398 g/mol. The van der Waals surface area contributed by atoms with Crippen molar-refractivity contribution in [3.63, 3.8) is 0 Å². The summed E-state index contributed by atoms with van der Waals surface area (Å²) in [5, 5.41) is 11.2. The summed E-state index contributed by atoms with van der Waals surface area (Å²) in [5.74, 6) is 0.315. The van der Waals surface area contributed by atoms with Crippen molar-refractivity contribution < 1.29 is 24.1 Å². The Kier molecular flexibility index (Phi) is 6.84. The van der Waals surface area contributed by atoms with Gasteiger partial charge in [0, 0.05) is 25.3 Å². The maximum absolute atomic E-state index is 13.0. The van der Waals surface area contributed by atoms with E-state index < -0.39 is 12.0 Å². The van der Waals surface area contributed by atoms with Crippen LogP contribution in [0.5, 0.6) is 11.5 Å². The number of methoxy groups -OCH3 is 2. The first kappa shape index (κ1) is 20.2. The minimum Gasteiger partial charge on any atom is -0.493 e. The van der Waals surface area contributed by atoms with Crippen LogP contribution in [-0.2, 0) is 9.53 Å². The number of benzene rings is 1. The van der Waals surface area contributed by atoms with E-state index in [0.717, 1.165) is 12.8 Å². The first-order valence-electron chi connectivity index (χ1n) is 9.55. The third-order valence-electron chi connectivity index (χ3n) is 5.63. The van der Waals surface area contributed by atoms with Gasteiger partial charge in [0.2, 0.25) is 5.91 Å². The van der Waals surface area contributed by atoms with Crippen LogP contribution in [0.3, 0.4) is 0 Å². The van der Waals surface area contributed by atoms with Gasteiger partial charge in [-0.1, -0.05) is 36.9 Å². The number of aliphatic hydroxyl groups is 1. The van der Waals surface area contributed by atoms with E-state index in [4.69, 9.17) is 25.8 Å². The van der Waals surface area contributed by atoms with Crippen molar-refractivity contribution in [1.82, 2.24) is 4.90 Å². The molecule has 0 spiro atoms. The average Bonchev–Trinajstić information content (AvgIpc) is 3.08. The molecule has 150 valence electrons. The van der Waals surface area contributed by atoms with Crippen LogP contribution in [0.25, 0.3) is 0 Å². The van der Waals surface area contributed by atoms with E-state index in [0.29, 0.717) is 36.1 Å². The van der Waals surface area contributed by atoms with Gasteiger partial charge in [0.15, 0.2) is 18.3 Å². The van der Waals surface area contributed by atoms with Gasteiger partial charge in [0.05, 0.1) is 24.2 Å². The predicted molar refractivity (Wildman–Crippen MR) is 102 cm³/mol. The van der Waals surface area contributed by atoms with Gasteiger partial charge >= 0.3 is 0 Å². The molecule has 0 radical (unpaired) electrons. The lowest BCUT2D eigenvalue weighted by molar-refractivity contribution is -0.136. The van der Waals surface area contributed by atoms with E-state index >= 15 is 0 Å². The van der Waals surface area contributed by atoms with Gasteiger partial charge in [-0.05, 0) is 25.3 Å². The lowest BCUT2D eigenvalue weighted by Gasteiger charge is -2.31. The second kappa shape index (κ2) is 9.13. The molecule has 2 fully saturated rings. The number of ether oxygens (including phenoxy) is 3. The van der Waals surface area contributed by atoms with Crippen molar-refractivity contribution >= 4 is 17.5 Å². The molecule has 6 nitrogen and oxygen atoms in total. The smallest absolute Gasteiger partial charge is 0.228 e. The molecule has 0 bridgehead atoms. The molecule has 1 aromatic carbocycles. The summed E-state index contributed by atoms with van der Waals surface area (Å²) in [6.45, 7) is 0.708. The molecule has 1 aliphatic heterocycles. The summed E-state index contributed by atoms with van der Waals surface area (Å²) in [7, 11) is 3.03. The molecule has 2 aliphatic rings. The number of likely N-dealkylation sites (tertiary alicyclic amines) is 1. The molecular weight excluding hydrogens is 370 g/mol. The Morgan fingerprint density at radius 3 is 2.63 bits per heavy atom. The van der Waals surface area contributed by atoms with Gasteiger partial charge in [-0.15, -0.1) is 0 Å². The van der Waals surface area contributed by atoms with Crippen LogP contribution in [0.2, 0.25) is 5.02 Å². The van der Waals surface area contributed by atoms with Crippen molar-refractivity contribution in [1.29, 1.82) is 0 Å². The van der Waals surface area contributed by atoms with Crippen molar-refractivity contribution in [2.24, 2.45) is 5.92 Å². The van der Waals surface area contributed by atoms with Gasteiger partial charge in [-0.2, -0.15) is 0 Å². The van der Waals surface area contributed by atoms with Gasteiger partial charge in [-0.25, -0.2) is 0 Å². The first-order chi connectivity index (χ1) is 13.1. The second-order valence-electron chi connectivity index (χ2n) is 7.21. The van der Waals surface area contributed by atoms with Crippen molar-refractivity contribution in [2.75, 3.05) is 27.6 Å². The highest BCUT2D eigenvalue weighted by molar-refractivity contribution is 6.33. The zero-order valence-corrected chi connectivity index (χ0v) is 16.7. The van der Waals surface area contributed by atoms with Crippen LogP contribution in [-0.4, -0.2) is 49.5 Å². The number of carbonyl (C=O) groups excluding carboxylic acids is 1. The summed E-state index contributed by atoms with van der Waals surface area (Å²) in [6, 6.07) is 3.70. The Balaban J connectivity index is 1.79. The van der Waals surface area contributed by atoms with Crippen molar-refractivity contribution in [2.45, 2.75) is 50.7 Å². The van der Waals surface area contributed by atoms with Crippen LogP contribution < -0.4 is 9.47 Å². The fourth-order valence-electron chi connectivity index (χ4n) is 4.18. The van der Waals surface area contributed by atoms with E-state index in [2.05, 4.69) is 0 Å². The zero-order chi connectivity index (χ0) is 19.4. The maximum atomic E-state index is 13.0. The lowest BCUT2D eigenvalue weighted by atomic mass is 9.92. The van der Waals surface area contributed by atoms with Crippen molar-refractivity contribution in [3.8, 4) is 11.5 Å². The van der Waals surface area contributed by atoms with Gasteiger partial charge in [0.25, 0.3) is 0 Å². The number of hydrogen-bond donors (Lipinski definition) is 1. The Bertz CT molecular complexity index is 662. The molecule has 1 amide bonds. The molecule has 2 atom stereocenters. The van der Waals surface area contributed by atoms with Gasteiger partial charge < -0.3 is 24.2 Å². The zero-order valence-electron chi connectivity index (χ0n) is 15.9. The molecule has 1 saturated carbocycles. The predicted octanol–water partition coefficient (Wildman–Crippen LogP) is 3.55. The van der Waals surface area contributed by atoms with Crippen LogP contribution >= 0.6 is 11.6 Å². The third-order valence-corrected chi connectivity index (χ3v) is 6.02. The number of hydrogen-bond acceptors (Lipinski definition) is 5. The monoisotopic (exact) mass is 397 g/mol. The Morgan fingerprint density at radius 1 is 1.22 bits per heavy atom. The highest BCUT2D eigenvalue weighted by Gasteiger charge is 2.41. The van der Waals surface area contributed by atoms with Crippen LogP contribution in [0.4, 0.5) is 0 Å². The number of halogens is 1. The summed E-state index contributed by atoms with van der Waals surface area (Å²) in [5.41, 5.74) is 0.479. The molecule has 2 unspecified atom stereocenters. The summed E-state index contributed by atoms with van der Waals surface area (Å²) in [4.78, 5) is 14.9.